The van der Waals surface area contributed by atoms with Crippen LogP contribution in [0.25, 0.3) is 0 Å². The monoisotopic (exact) mass is 307 g/mol. The Bertz CT molecular complexity index is 646. The Hall–Kier alpha value is -2.18. The van der Waals surface area contributed by atoms with Crippen molar-refractivity contribution in [3.05, 3.63) is 63.7 Å². The number of halogens is 1. The van der Waals surface area contributed by atoms with Crippen LogP contribution >= 0.6 is 23.8 Å². The lowest BCUT2D eigenvalue weighted by Crippen LogP contribution is -2.19. The van der Waals surface area contributed by atoms with Crippen molar-refractivity contribution < 1.29 is 4.92 Å². The fourth-order valence-electron chi connectivity index (χ4n) is 1.51. The summed E-state index contributed by atoms with van der Waals surface area (Å²) in [6, 6.07) is 13.2. The normalized spacial score (nSPS) is 9.85. The smallest absolute Gasteiger partial charge is 0.269 e. The van der Waals surface area contributed by atoms with Crippen LogP contribution in [-0.2, 0) is 0 Å². The van der Waals surface area contributed by atoms with Crippen molar-refractivity contribution in [3.63, 3.8) is 0 Å². The molecule has 0 spiro atoms. The van der Waals surface area contributed by atoms with E-state index in [1.54, 1.807) is 24.3 Å². The van der Waals surface area contributed by atoms with Gasteiger partial charge in [-0.2, -0.15) is 0 Å². The summed E-state index contributed by atoms with van der Waals surface area (Å²) in [7, 11) is 0. The van der Waals surface area contributed by atoms with Gasteiger partial charge in [-0.15, -0.1) is 0 Å². The Kier molecular flexibility index (Phi) is 4.49. The van der Waals surface area contributed by atoms with E-state index >= 15 is 0 Å². The Morgan fingerprint density at radius 2 is 1.75 bits per heavy atom. The molecular formula is C13H10ClN3O2S. The molecule has 0 amide bonds. The lowest BCUT2D eigenvalue weighted by atomic mass is 10.3. The van der Waals surface area contributed by atoms with E-state index in [9.17, 15) is 10.1 Å². The molecule has 0 aromatic heterocycles. The molecule has 7 heteroatoms. The minimum atomic E-state index is -0.454. The molecule has 0 bridgehead atoms. The van der Waals surface area contributed by atoms with Crippen LogP contribution in [0, 0.1) is 10.1 Å². The molecule has 0 aliphatic rings. The number of nitro groups is 1. The van der Waals surface area contributed by atoms with Crippen LogP contribution in [0.4, 0.5) is 17.1 Å². The number of nitrogens with one attached hydrogen (secondary N) is 2. The predicted molar refractivity (Wildman–Crippen MR) is 84.4 cm³/mol. The average Bonchev–Trinajstić information content (AvgIpc) is 2.42. The number of rotatable bonds is 3. The van der Waals surface area contributed by atoms with E-state index in [0.29, 0.717) is 21.5 Å². The van der Waals surface area contributed by atoms with E-state index < -0.39 is 4.92 Å². The first-order valence-electron chi connectivity index (χ1n) is 5.63. The van der Waals surface area contributed by atoms with Crippen LogP contribution in [0.2, 0.25) is 5.02 Å². The second-order valence-electron chi connectivity index (χ2n) is 3.86. The number of nitro benzene ring substituents is 1. The lowest BCUT2D eigenvalue weighted by Gasteiger charge is -2.11. The topological polar surface area (TPSA) is 67.2 Å². The number of para-hydroxylation sites is 1. The third-order valence-electron chi connectivity index (χ3n) is 2.46. The number of nitrogens with zero attached hydrogens (tertiary/aromatic N) is 1. The van der Waals surface area contributed by atoms with Gasteiger partial charge in [-0.3, -0.25) is 10.1 Å². The van der Waals surface area contributed by atoms with Crippen LogP contribution < -0.4 is 10.6 Å². The molecule has 2 N–H and O–H groups in total. The third kappa shape index (κ3) is 3.66. The summed E-state index contributed by atoms with van der Waals surface area (Å²) in [5.41, 5.74) is 1.37. The number of non-ortho nitro benzene ring substituents is 1. The molecule has 2 aromatic rings. The van der Waals surface area contributed by atoms with Gasteiger partial charge >= 0.3 is 0 Å². The SMILES string of the molecule is O=[N+]([O-])c1ccc(NC(=S)Nc2ccccc2Cl)cc1. The zero-order valence-electron chi connectivity index (χ0n) is 10.2. The second-order valence-corrected chi connectivity index (χ2v) is 4.68. The van der Waals surface area contributed by atoms with Crippen LogP contribution in [0.3, 0.4) is 0 Å². The number of anilines is 2. The number of thiocarbonyl (C=S) groups is 1. The molecule has 20 heavy (non-hydrogen) atoms. The van der Waals surface area contributed by atoms with Crippen molar-refractivity contribution in [2.75, 3.05) is 10.6 Å². The molecule has 2 aromatic carbocycles. The second kappa shape index (κ2) is 6.31. The first-order chi connectivity index (χ1) is 9.56. The van der Waals surface area contributed by atoms with Gasteiger partial charge in [0.25, 0.3) is 5.69 Å². The Labute approximate surface area is 125 Å². The summed E-state index contributed by atoms with van der Waals surface area (Å²) >= 11 is 11.1. The molecule has 0 radical (unpaired) electrons. The Morgan fingerprint density at radius 1 is 1.10 bits per heavy atom. The van der Waals surface area contributed by atoms with Gasteiger partial charge in [0.1, 0.15) is 0 Å². The van der Waals surface area contributed by atoms with Crippen molar-refractivity contribution in [3.8, 4) is 0 Å². The molecule has 0 fully saturated rings. The highest BCUT2D eigenvalue weighted by Crippen LogP contribution is 2.21. The van der Waals surface area contributed by atoms with E-state index in [1.807, 2.05) is 12.1 Å². The van der Waals surface area contributed by atoms with Gasteiger partial charge in [0.15, 0.2) is 5.11 Å². The van der Waals surface area contributed by atoms with Crippen LogP contribution in [0.5, 0.6) is 0 Å². The van der Waals surface area contributed by atoms with Crippen molar-refractivity contribution in [1.29, 1.82) is 0 Å². The van der Waals surface area contributed by atoms with Crippen molar-refractivity contribution in [1.82, 2.24) is 0 Å². The molecule has 0 heterocycles. The Morgan fingerprint density at radius 3 is 2.35 bits per heavy atom. The zero-order valence-corrected chi connectivity index (χ0v) is 11.7. The largest absolute Gasteiger partial charge is 0.332 e. The molecule has 5 nitrogen and oxygen atoms in total. The van der Waals surface area contributed by atoms with Gasteiger partial charge in [-0.1, -0.05) is 23.7 Å². The maximum atomic E-state index is 10.5. The van der Waals surface area contributed by atoms with E-state index in [4.69, 9.17) is 23.8 Å². The first-order valence-corrected chi connectivity index (χ1v) is 6.42. The minimum Gasteiger partial charge on any atom is -0.332 e. The van der Waals surface area contributed by atoms with Crippen molar-refractivity contribution in [2.45, 2.75) is 0 Å². The van der Waals surface area contributed by atoms with Gasteiger partial charge in [0.2, 0.25) is 0 Å². The van der Waals surface area contributed by atoms with Crippen molar-refractivity contribution >= 4 is 46.0 Å². The van der Waals surface area contributed by atoms with Crippen molar-refractivity contribution in [2.24, 2.45) is 0 Å². The van der Waals surface area contributed by atoms with Gasteiger partial charge in [0.05, 0.1) is 15.6 Å². The van der Waals surface area contributed by atoms with E-state index in [-0.39, 0.29) is 5.69 Å². The first kappa shape index (κ1) is 14.2. The average molecular weight is 308 g/mol. The summed E-state index contributed by atoms with van der Waals surface area (Å²) in [6.07, 6.45) is 0. The van der Waals surface area contributed by atoms with Gasteiger partial charge in [0, 0.05) is 17.8 Å². The molecule has 0 atom stereocenters. The maximum absolute atomic E-state index is 10.5. The highest BCUT2D eigenvalue weighted by atomic mass is 35.5. The molecule has 0 saturated carbocycles. The number of benzene rings is 2. The lowest BCUT2D eigenvalue weighted by molar-refractivity contribution is -0.384. The van der Waals surface area contributed by atoms with Crippen LogP contribution in [0.15, 0.2) is 48.5 Å². The van der Waals surface area contributed by atoms with Crippen LogP contribution in [-0.4, -0.2) is 10.0 Å². The number of hydrogen-bond donors (Lipinski definition) is 2. The van der Waals surface area contributed by atoms with Crippen LogP contribution in [0.1, 0.15) is 0 Å². The van der Waals surface area contributed by atoms with E-state index in [2.05, 4.69) is 10.6 Å². The maximum Gasteiger partial charge on any atom is 0.269 e. The Balaban J connectivity index is 2.01. The standard InChI is InChI=1S/C13H10ClN3O2S/c14-11-3-1-2-4-12(11)16-13(20)15-9-5-7-10(8-6-9)17(18)19/h1-8H,(H2,15,16,20). The summed E-state index contributed by atoms with van der Waals surface area (Å²) < 4.78 is 0. The fourth-order valence-corrected chi connectivity index (χ4v) is 1.92. The molecular weight excluding hydrogens is 298 g/mol. The minimum absolute atomic E-state index is 0.0283. The quantitative estimate of drug-likeness (QED) is 0.508. The highest BCUT2D eigenvalue weighted by molar-refractivity contribution is 7.80. The van der Waals surface area contributed by atoms with E-state index in [0.717, 1.165) is 0 Å². The molecule has 2 rings (SSSR count). The molecule has 0 aliphatic heterocycles. The summed E-state index contributed by atoms with van der Waals surface area (Å²) in [4.78, 5) is 10.1. The van der Waals surface area contributed by atoms with E-state index in [1.165, 1.54) is 12.1 Å². The summed E-state index contributed by atoms with van der Waals surface area (Å²) in [5.74, 6) is 0. The molecule has 0 unspecified atom stereocenters. The zero-order chi connectivity index (χ0) is 14.5. The summed E-state index contributed by atoms with van der Waals surface area (Å²) in [5, 5.41) is 17.3. The molecule has 0 aliphatic carbocycles. The predicted octanol–water partition coefficient (Wildman–Crippen LogP) is 4.06. The fraction of sp³-hybridized carbons (Fsp3) is 0. The highest BCUT2D eigenvalue weighted by Gasteiger charge is 2.05. The van der Waals surface area contributed by atoms with Gasteiger partial charge in [-0.05, 0) is 36.5 Å². The van der Waals surface area contributed by atoms with Gasteiger partial charge in [-0.25, -0.2) is 0 Å². The number of hydrogen-bond acceptors (Lipinski definition) is 3. The molecule has 102 valence electrons. The third-order valence-corrected chi connectivity index (χ3v) is 2.99. The molecule has 0 saturated heterocycles. The summed E-state index contributed by atoms with van der Waals surface area (Å²) in [6.45, 7) is 0. The van der Waals surface area contributed by atoms with Gasteiger partial charge < -0.3 is 10.6 Å².